The molecule has 0 saturated heterocycles. The quantitative estimate of drug-likeness (QED) is 0.346. The average molecular weight is 348 g/mol. The summed E-state index contributed by atoms with van der Waals surface area (Å²) in [5, 5.41) is 0. The largest absolute Gasteiger partial charge is 0.399 e. The molecule has 2 nitrogen and oxygen atoms in total. The number of hydrogen-bond acceptors (Lipinski definition) is 2. The van der Waals surface area contributed by atoms with Gasteiger partial charge in [0.25, 0.3) is 0 Å². The number of ether oxygens (including phenoxy) is 1. The average Bonchev–Trinajstić information content (AvgIpc) is 2.52. The van der Waals surface area contributed by atoms with E-state index in [2.05, 4.69) is 53.7 Å². The minimum absolute atomic E-state index is 0.136. The highest BCUT2D eigenvalue weighted by atomic mass is 16.5. The van der Waals surface area contributed by atoms with Gasteiger partial charge in [0.15, 0.2) is 0 Å². The molecule has 0 aliphatic rings. The van der Waals surface area contributed by atoms with Gasteiger partial charge < -0.3 is 10.5 Å². The Kier molecular flexibility index (Phi) is 8.99. The lowest BCUT2D eigenvalue weighted by Gasteiger charge is -2.43. The van der Waals surface area contributed by atoms with E-state index in [1.54, 1.807) is 0 Å². The molecular weight excluding hydrogens is 306 g/mol. The van der Waals surface area contributed by atoms with Crippen molar-refractivity contribution < 1.29 is 4.74 Å². The number of unbranched alkanes of at least 4 members (excludes halogenated alkanes) is 5. The van der Waals surface area contributed by atoms with Crippen LogP contribution in [0.15, 0.2) is 24.3 Å². The SMILES string of the molecule is CCCCCCCCC(C(C)(C)C)C(C)(C)OCc1ccc(N)cc1. The van der Waals surface area contributed by atoms with Crippen LogP contribution >= 0.6 is 0 Å². The Morgan fingerprint density at radius 2 is 1.44 bits per heavy atom. The fourth-order valence-corrected chi connectivity index (χ4v) is 3.94. The molecule has 1 aromatic carbocycles. The Bertz CT molecular complexity index is 470. The van der Waals surface area contributed by atoms with Gasteiger partial charge in [-0.1, -0.05) is 78.4 Å². The summed E-state index contributed by atoms with van der Waals surface area (Å²) in [5.74, 6) is 0.542. The van der Waals surface area contributed by atoms with E-state index in [-0.39, 0.29) is 11.0 Å². The van der Waals surface area contributed by atoms with Crippen LogP contribution in [0.5, 0.6) is 0 Å². The molecule has 1 unspecified atom stereocenters. The molecule has 0 aliphatic carbocycles. The molecule has 1 atom stereocenters. The Morgan fingerprint density at radius 1 is 0.880 bits per heavy atom. The zero-order valence-corrected chi connectivity index (χ0v) is 17.5. The molecule has 0 bridgehead atoms. The van der Waals surface area contributed by atoms with Crippen molar-refractivity contribution in [3.8, 4) is 0 Å². The van der Waals surface area contributed by atoms with E-state index in [1.165, 1.54) is 50.5 Å². The maximum absolute atomic E-state index is 6.40. The smallest absolute Gasteiger partial charge is 0.0724 e. The predicted molar refractivity (Wildman–Crippen MR) is 111 cm³/mol. The molecule has 25 heavy (non-hydrogen) atoms. The van der Waals surface area contributed by atoms with Crippen molar-refractivity contribution >= 4 is 5.69 Å². The molecule has 144 valence electrons. The van der Waals surface area contributed by atoms with Crippen molar-refractivity contribution in [2.75, 3.05) is 5.73 Å². The molecule has 1 rings (SSSR count). The lowest BCUT2D eigenvalue weighted by atomic mass is 9.69. The lowest BCUT2D eigenvalue weighted by molar-refractivity contribution is -0.104. The second-order valence-corrected chi connectivity index (χ2v) is 9.11. The summed E-state index contributed by atoms with van der Waals surface area (Å²) in [7, 11) is 0. The van der Waals surface area contributed by atoms with Gasteiger partial charge in [0.05, 0.1) is 12.2 Å². The second-order valence-electron chi connectivity index (χ2n) is 9.11. The molecule has 0 saturated carbocycles. The first kappa shape index (κ1) is 22.0. The molecule has 0 radical (unpaired) electrons. The summed E-state index contributed by atoms with van der Waals surface area (Å²) in [4.78, 5) is 0. The van der Waals surface area contributed by atoms with Gasteiger partial charge in [-0.15, -0.1) is 0 Å². The van der Waals surface area contributed by atoms with E-state index in [4.69, 9.17) is 10.5 Å². The molecule has 0 heterocycles. The third-order valence-electron chi connectivity index (χ3n) is 5.32. The van der Waals surface area contributed by atoms with Crippen molar-refractivity contribution in [3.05, 3.63) is 29.8 Å². The van der Waals surface area contributed by atoms with Gasteiger partial charge in [-0.3, -0.25) is 0 Å². The topological polar surface area (TPSA) is 35.2 Å². The van der Waals surface area contributed by atoms with E-state index in [0.29, 0.717) is 12.5 Å². The summed E-state index contributed by atoms with van der Waals surface area (Å²) in [6.45, 7) is 14.5. The summed E-state index contributed by atoms with van der Waals surface area (Å²) in [6.07, 6.45) is 9.34. The molecule has 2 heteroatoms. The fraction of sp³-hybridized carbons (Fsp3) is 0.739. The Labute approximate surface area is 156 Å². The van der Waals surface area contributed by atoms with Gasteiger partial charge in [0.1, 0.15) is 0 Å². The fourth-order valence-electron chi connectivity index (χ4n) is 3.94. The number of anilines is 1. The first-order valence-electron chi connectivity index (χ1n) is 10.1. The van der Waals surface area contributed by atoms with Crippen molar-refractivity contribution in [1.82, 2.24) is 0 Å². The van der Waals surface area contributed by atoms with Gasteiger partial charge in [-0.2, -0.15) is 0 Å². The summed E-state index contributed by atoms with van der Waals surface area (Å²) < 4.78 is 6.40. The van der Waals surface area contributed by atoms with Crippen molar-refractivity contribution in [1.29, 1.82) is 0 Å². The van der Waals surface area contributed by atoms with Crippen LogP contribution in [0.25, 0.3) is 0 Å². The third-order valence-corrected chi connectivity index (χ3v) is 5.32. The standard InChI is InChI=1S/C23H41NO/c1-7-8-9-10-11-12-13-21(22(2,3)4)23(5,6)25-18-19-14-16-20(24)17-15-19/h14-17,21H,7-13,18,24H2,1-6H3. The molecular formula is C23H41NO. The Balaban J connectivity index is 2.58. The highest BCUT2D eigenvalue weighted by Crippen LogP contribution is 2.40. The van der Waals surface area contributed by atoms with E-state index < -0.39 is 0 Å². The van der Waals surface area contributed by atoms with Gasteiger partial charge in [0.2, 0.25) is 0 Å². The van der Waals surface area contributed by atoms with Crippen LogP contribution in [0.4, 0.5) is 5.69 Å². The van der Waals surface area contributed by atoms with Crippen LogP contribution in [-0.2, 0) is 11.3 Å². The number of benzene rings is 1. The van der Waals surface area contributed by atoms with Crippen LogP contribution in [0.1, 0.15) is 92.1 Å². The van der Waals surface area contributed by atoms with Crippen LogP contribution in [0, 0.1) is 11.3 Å². The number of nitrogen functional groups attached to an aromatic ring is 1. The number of hydrogen-bond donors (Lipinski definition) is 1. The Morgan fingerprint density at radius 3 is 2.00 bits per heavy atom. The zero-order chi connectivity index (χ0) is 18.9. The highest BCUT2D eigenvalue weighted by molar-refractivity contribution is 5.39. The highest BCUT2D eigenvalue weighted by Gasteiger charge is 2.38. The minimum Gasteiger partial charge on any atom is -0.399 e. The van der Waals surface area contributed by atoms with Crippen LogP contribution in [0.3, 0.4) is 0 Å². The molecule has 0 spiro atoms. The molecule has 0 amide bonds. The van der Waals surface area contributed by atoms with E-state index in [0.717, 1.165) is 5.69 Å². The van der Waals surface area contributed by atoms with E-state index >= 15 is 0 Å². The maximum atomic E-state index is 6.40. The van der Waals surface area contributed by atoms with E-state index in [1.807, 2.05) is 12.1 Å². The van der Waals surface area contributed by atoms with Crippen LogP contribution < -0.4 is 5.73 Å². The number of rotatable bonds is 11. The lowest BCUT2D eigenvalue weighted by Crippen LogP contribution is -2.42. The number of nitrogens with two attached hydrogens (primary N) is 1. The van der Waals surface area contributed by atoms with Gasteiger partial charge in [0, 0.05) is 5.69 Å². The van der Waals surface area contributed by atoms with Gasteiger partial charge >= 0.3 is 0 Å². The maximum Gasteiger partial charge on any atom is 0.0724 e. The van der Waals surface area contributed by atoms with Gasteiger partial charge in [-0.05, 0) is 49.3 Å². The first-order valence-corrected chi connectivity index (χ1v) is 10.1. The van der Waals surface area contributed by atoms with Crippen molar-refractivity contribution in [2.45, 2.75) is 98.7 Å². The summed E-state index contributed by atoms with van der Waals surface area (Å²) >= 11 is 0. The third kappa shape index (κ3) is 8.27. The van der Waals surface area contributed by atoms with Crippen LogP contribution in [0.2, 0.25) is 0 Å². The molecule has 0 aliphatic heterocycles. The normalized spacial score (nSPS) is 13.8. The molecule has 0 aromatic heterocycles. The summed E-state index contributed by atoms with van der Waals surface area (Å²) in [5.41, 5.74) is 7.87. The van der Waals surface area contributed by atoms with Crippen molar-refractivity contribution in [2.24, 2.45) is 11.3 Å². The first-order chi connectivity index (χ1) is 11.7. The molecule has 0 fully saturated rings. The predicted octanol–water partition coefficient (Wildman–Crippen LogP) is 6.98. The zero-order valence-electron chi connectivity index (χ0n) is 17.5. The van der Waals surface area contributed by atoms with E-state index in [9.17, 15) is 0 Å². The monoisotopic (exact) mass is 347 g/mol. The van der Waals surface area contributed by atoms with Crippen LogP contribution in [-0.4, -0.2) is 5.60 Å². The second kappa shape index (κ2) is 10.2. The summed E-state index contributed by atoms with van der Waals surface area (Å²) in [6, 6.07) is 8.02. The van der Waals surface area contributed by atoms with Crippen molar-refractivity contribution in [3.63, 3.8) is 0 Å². The minimum atomic E-state index is -0.136. The molecule has 1 aromatic rings. The molecule has 2 N–H and O–H groups in total. The van der Waals surface area contributed by atoms with Gasteiger partial charge in [-0.25, -0.2) is 0 Å². The Hall–Kier alpha value is -1.02.